The van der Waals surface area contributed by atoms with Crippen LogP contribution in [0.5, 0.6) is 0 Å². The number of anilines is 1. The third kappa shape index (κ3) is 3.67. The number of nitrogen functional groups attached to an aromatic ring is 1. The first-order valence-corrected chi connectivity index (χ1v) is 6.51. The molecule has 1 amide bonds. The van der Waals surface area contributed by atoms with E-state index in [2.05, 4.69) is 5.43 Å². The number of nitrogens with two attached hydrogens (primary N) is 1. The average Bonchev–Trinajstić information content (AvgIpc) is 2.47. The molecule has 0 aliphatic rings. The molecule has 1 rings (SSSR count). The molecule has 1 aromatic carbocycles. The number of para-hydroxylation sites is 1. The van der Waals surface area contributed by atoms with E-state index in [1.165, 1.54) is 24.1 Å². The number of amides is 1. The zero-order valence-corrected chi connectivity index (χ0v) is 12.3. The van der Waals surface area contributed by atoms with Crippen molar-refractivity contribution in [2.75, 3.05) is 25.7 Å². The van der Waals surface area contributed by atoms with Crippen molar-refractivity contribution in [1.82, 2.24) is 4.90 Å². The molecule has 0 spiro atoms. The topological polar surface area (TPSA) is 111 Å². The lowest BCUT2D eigenvalue weighted by Crippen LogP contribution is -2.41. The SMILES string of the molecule is CCN(C(=O)c1cccc(NN)c1[N+](=O)[O-])C(C)COC. The van der Waals surface area contributed by atoms with E-state index >= 15 is 0 Å². The highest BCUT2D eigenvalue weighted by Crippen LogP contribution is 2.29. The summed E-state index contributed by atoms with van der Waals surface area (Å²) in [7, 11) is 1.54. The van der Waals surface area contributed by atoms with Gasteiger partial charge in [-0.1, -0.05) is 6.07 Å². The number of nitrogens with zero attached hydrogens (tertiary/aromatic N) is 2. The summed E-state index contributed by atoms with van der Waals surface area (Å²) in [6, 6.07) is 4.22. The molecule has 1 unspecified atom stereocenters. The van der Waals surface area contributed by atoms with Crippen LogP contribution in [-0.2, 0) is 4.74 Å². The maximum Gasteiger partial charge on any atom is 0.306 e. The molecular weight excluding hydrogens is 276 g/mol. The fraction of sp³-hybridized carbons (Fsp3) is 0.462. The summed E-state index contributed by atoms with van der Waals surface area (Å²) in [5.74, 6) is 4.85. The van der Waals surface area contributed by atoms with Crippen LogP contribution in [0.25, 0.3) is 0 Å². The zero-order chi connectivity index (χ0) is 16.0. The number of nitro groups is 1. The first kappa shape index (κ1) is 16.9. The molecule has 0 fully saturated rings. The van der Waals surface area contributed by atoms with Crippen LogP contribution >= 0.6 is 0 Å². The van der Waals surface area contributed by atoms with Gasteiger partial charge in [-0.2, -0.15) is 0 Å². The van der Waals surface area contributed by atoms with Crippen LogP contribution < -0.4 is 11.3 Å². The molecule has 1 atom stereocenters. The molecule has 0 heterocycles. The Morgan fingerprint density at radius 2 is 2.24 bits per heavy atom. The lowest BCUT2D eigenvalue weighted by Gasteiger charge is -2.27. The highest BCUT2D eigenvalue weighted by molar-refractivity contribution is 6.00. The molecule has 0 saturated carbocycles. The van der Waals surface area contributed by atoms with E-state index in [0.717, 1.165) is 0 Å². The summed E-state index contributed by atoms with van der Waals surface area (Å²) in [5.41, 5.74) is 2.02. The van der Waals surface area contributed by atoms with Crippen molar-refractivity contribution in [2.24, 2.45) is 5.84 Å². The van der Waals surface area contributed by atoms with Crippen LogP contribution in [-0.4, -0.2) is 42.0 Å². The molecule has 21 heavy (non-hydrogen) atoms. The fourth-order valence-electron chi connectivity index (χ4n) is 2.17. The van der Waals surface area contributed by atoms with Crippen LogP contribution in [0, 0.1) is 10.1 Å². The third-order valence-corrected chi connectivity index (χ3v) is 3.15. The number of hydrogen-bond donors (Lipinski definition) is 2. The van der Waals surface area contributed by atoms with Crippen molar-refractivity contribution in [1.29, 1.82) is 0 Å². The van der Waals surface area contributed by atoms with Crippen LogP contribution in [0.4, 0.5) is 11.4 Å². The normalized spacial score (nSPS) is 11.8. The number of nitro benzene ring substituents is 1. The number of nitrogens with one attached hydrogen (secondary N) is 1. The Morgan fingerprint density at radius 3 is 2.71 bits per heavy atom. The Morgan fingerprint density at radius 1 is 1.57 bits per heavy atom. The number of ether oxygens (including phenoxy) is 1. The third-order valence-electron chi connectivity index (χ3n) is 3.15. The molecule has 1 aromatic rings. The van der Waals surface area contributed by atoms with Gasteiger partial charge in [0.15, 0.2) is 0 Å². The summed E-state index contributed by atoms with van der Waals surface area (Å²) >= 11 is 0. The lowest BCUT2D eigenvalue weighted by molar-refractivity contribution is -0.384. The number of hydrazine groups is 1. The molecule has 8 nitrogen and oxygen atoms in total. The highest BCUT2D eigenvalue weighted by atomic mass is 16.6. The number of methoxy groups -OCH3 is 1. The van der Waals surface area contributed by atoms with Gasteiger partial charge >= 0.3 is 5.69 Å². The van der Waals surface area contributed by atoms with Crippen molar-refractivity contribution < 1.29 is 14.5 Å². The van der Waals surface area contributed by atoms with E-state index in [-0.39, 0.29) is 23.0 Å². The zero-order valence-electron chi connectivity index (χ0n) is 12.3. The van der Waals surface area contributed by atoms with Gasteiger partial charge in [0.1, 0.15) is 11.3 Å². The minimum Gasteiger partial charge on any atom is -0.383 e. The van der Waals surface area contributed by atoms with Crippen molar-refractivity contribution in [3.05, 3.63) is 33.9 Å². The van der Waals surface area contributed by atoms with Crippen LogP contribution in [0.15, 0.2) is 18.2 Å². The number of likely N-dealkylation sites (N-methyl/N-ethyl adjacent to an activating group) is 1. The maximum atomic E-state index is 12.6. The second-order valence-corrected chi connectivity index (χ2v) is 4.50. The van der Waals surface area contributed by atoms with Gasteiger partial charge in [0.25, 0.3) is 5.91 Å². The molecule has 116 valence electrons. The Labute approximate surface area is 123 Å². The molecule has 0 aliphatic heterocycles. The molecule has 0 bridgehead atoms. The first-order valence-electron chi connectivity index (χ1n) is 6.51. The standard InChI is InChI=1S/C13H20N4O4/c1-4-16(9(2)8-21-3)13(18)10-6-5-7-11(15-14)12(10)17(19)20/h5-7,9,15H,4,8,14H2,1-3H3. The van der Waals surface area contributed by atoms with Gasteiger partial charge in [-0.05, 0) is 26.0 Å². The Kier molecular flexibility index (Phi) is 6.07. The van der Waals surface area contributed by atoms with Crippen molar-refractivity contribution >= 4 is 17.3 Å². The minimum absolute atomic E-state index is 0.000234. The molecule has 3 N–H and O–H groups in total. The smallest absolute Gasteiger partial charge is 0.306 e. The average molecular weight is 296 g/mol. The van der Waals surface area contributed by atoms with E-state index in [0.29, 0.717) is 13.2 Å². The molecule has 0 aromatic heterocycles. The van der Waals surface area contributed by atoms with Gasteiger partial charge in [-0.15, -0.1) is 0 Å². The fourth-order valence-corrected chi connectivity index (χ4v) is 2.17. The summed E-state index contributed by atoms with van der Waals surface area (Å²) in [6.07, 6.45) is 0. The van der Waals surface area contributed by atoms with Gasteiger partial charge in [0, 0.05) is 13.7 Å². The van der Waals surface area contributed by atoms with Crippen LogP contribution in [0.1, 0.15) is 24.2 Å². The van der Waals surface area contributed by atoms with E-state index in [1.807, 2.05) is 6.92 Å². The predicted molar refractivity (Wildman–Crippen MR) is 79.0 cm³/mol. The van der Waals surface area contributed by atoms with Crippen LogP contribution in [0.2, 0.25) is 0 Å². The lowest BCUT2D eigenvalue weighted by atomic mass is 10.1. The summed E-state index contributed by atoms with van der Waals surface area (Å²) in [4.78, 5) is 24.7. The number of carbonyl (C=O) groups excluding carboxylic acids is 1. The monoisotopic (exact) mass is 296 g/mol. The Hall–Kier alpha value is -2.19. The van der Waals surface area contributed by atoms with Crippen molar-refractivity contribution in [3.8, 4) is 0 Å². The molecular formula is C13H20N4O4. The van der Waals surface area contributed by atoms with E-state index in [4.69, 9.17) is 10.6 Å². The Balaban J connectivity index is 3.25. The molecule has 0 radical (unpaired) electrons. The van der Waals surface area contributed by atoms with Gasteiger partial charge in [0.2, 0.25) is 0 Å². The van der Waals surface area contributed by atoms with Crippen molar-refractivity contribution in [3.63, 3.8) is 0 Å². The second kappa shape index (κ2) is 7.55. The minimum atomic E-state index is -0.614. The number of rotatable bonds is 7. The largest absolute Gasteiger partial charge is 0.383 e. The van der Waals surface area contributed by atoms with Crippen molar-refractivity contribution in [2.45, 2.75) is 19.9 Å². The number of hydrogen-bond acceptors (Lipinski definition) is 6. The van der Waals surface area contributed by atoms with E-state index in [1.54, 1.807) is 13.0 Å². The number of carbonyl (C=O) groups is 1. The predicted octanol–water partition coefficient (Wildman–Crippen LogP) is 1.38. The van der Waals surface area contributed by atoms with Gasteiger partial charge in [-0.3, -0.25) is 20.8 Å². The molecule has 0 aliphatic carbocycles. The van der Waals surface area contributed by atoms with Gasteiger partial charge in [-0.25, -0.2) is 0 Å². The summed E-state index contributed by atoms with van der Waals surface area (Å²) in [5, 5.41) is 11.2. The van der Waals surface area contributed by atoms with Gasteiger partial charge < -0.3 is 15.1 Å². The van der Waals surface area contributed by atoms with E-state index in [9.17, 15) is 14.9 Å². The quantitative estimate of drug-likeness (QED) is 0.446. The van der Waals surface area contributed by atoms with Crippen LogP contribution in [0.3, 0.4) is 0 Å². The van der Waals surface area contributed by atoms with E-state index < -0.39 is 10.8 Å². The molecule has 0 saturated heterocycles. The highest BCUT2D eigenvalue weighted by Gasteiger charge is 2.29. The number of benzene rings is 1. The maximum absolute atomic E-state index is 12.6. The molecule has 8 heteroatoms. The first-order chi connectivity index (χ1) is 9.97. The summed E-state index contributed by atoms with van der Waals surface area (Å²) < 4.78 is 5.03. The summed E-state index contributed by atoms with van der Waals surface area (Å²) in [6.45, 7) is 4.39. The second-order valence-electron chi connectivity index (χ2n) is 4.50. The van der Waals surface area contributed by atoms with Gasteiger partial charge in [0.05, 0.1) is 17.6 Å². The Bertz CT molecular complexity index is 521.